The number of hydrogen-bond donors (Lipinski definition) is 2. The molecule has 0 radical (unpaired) electrons. The average molecular weight is 356 g/mol. The Hall–Kier alpha value is -2.04. The van der Waals surface area contributed by atoms with Gasteiger partial charge in [0.25, 0.3) is 5.69 Å². The molecule has 1 aromatic heterocycles. The number of non-ortho nitro benzene ring substituents is 1. The summed E-state index contributed by atoms with van der Waals surface area (Å²) in [6, 6.07) is 3.41. The molecule has 23 heavy (non-hydrogen) atoms. The van der Waals surface area contributed by atoms with Crippen LogP contribution in [0.15, 0.2) is 29.3 Å². The molecule has 10 heteroatoms. The van der Waals surface area contributed by atoms with Crippen molar-refractivity contribution < 1.29 is 13.3 Å². The Kier molecular flexibility index (Phi) is 5.29. The van der Waals surface area contributed by atoms with E-state index < -0.39 is 14.9 Å². The lowest BCUT2D eigenvalue weighted by atomic mass is 10.2. The molecule has 0 aliphatic carbocycles. The van der Waals surface area contributed by atoms with E-state index in [0.29, 0.717) is 13.0 Å². The summed E-state index contributed by atoms with van der Waals surface area (Å²) in [7, 11) is -3.97. The van der Waals surface area contributed by atoms with Gasteiger partial charge >= 0.3 is 0 Å². The Morgan fingerprint density at radius 3 is 2.74 bits per heavy atom. The monoisotopic (exact) mass is 356 g/mol. The lowest BCUT2D eigenvalue weighted by Gasteiger charge is -2.10. The van der Waals surface area contributed by atoms with E-state index in [1.54, 1.807) is 11.3 Å². The standard InChI is InChI=1S/C13H16N4O4S2/c1-2-10-8-16-13(22-10)5-6-15-11-7-9(17(18)19)3-4-12(11)23(14,20)21/h3-4,7-8,15H,2,5-6H2,1H3,(H2,14,20,21). The normalized spacial score (nSPS) is 11.4. The van der Waals surface area contributed by atoms with Gasteiger partial charge in [0.2, 0.25) is 10.0 Å². The quantitative estimate of drug-likeness (QED) is 0.576. The number of anilines is 1. The summed E-state index contributed by atoms with van der Waals surface area (Å²) in [5.41, 5.74) is -0.0867. The molecule has 8 nitrogen and oxygen atoms in total. The molecule has 1 aromatic carbocycles. The maximum absolute atomic E-state index is 11.6. The van der Waals surface area contributed by atoms with Crippen LogP contribution >= 0.6 is 11.3 Å². The zero-order valence-electron chi connectivity index (χ0n) is 12.4. The summed E-state index contributed by atoms with van der Waals surface area (Å²) >= 11 is 1.58. The molecular formula is C13H16N4O4S2. The fraction of sp³-hybridized carbons (Fsp3) is 0.308. The first-order chi connectivity index (χ1) is 10.8. The Morgan fingerprint density at radius 1 is 1.43 bits per heavy atom. The minimum absolute atomic E-state index is 0.119. The van der Waals surface area contributed by atoms with Gasteiger partial charge in [-0.2, -0.15) is 0 Å². The fourth-order valence-corrected chi connectivity index (χ4v) is 3.51. The number of rotatable bonds is 7. The molecule has 0 atom stereocenters. The Balaban J connectivity index is 2.16. The van der Waals surface area contributed by atoms with Crippen molar-refractivity contribution in [3.8, 4) is 0 Å². The van der Waals surface area contributed by atoms with Crippen LogP contribution in [0.25, 0.3) is 0 Å². The molecule has 3 N–H and O–H groups in total. The molecule has 0 saturated carbocycles. The summed E-state index contributed by atoms with van der Waals surface area (Å²) in [5.74, 6) is 0. The van der Waals surface area contributed by atoms with E-state index in [-0.39, 0.29) is 16.3 Å². The minimum Gasteiger partial charge on any atom is -0.383 e. The van der Waals surface area contributed by atoms with Crippen LogP contribution in [0.5, 0.6) is 0 Å². The van der Waals surface area contributed by atoms with Crippen LogP contribution < -0.4 is 10.5 Å². The fourth-order valence-electron chi connectivity index (χ4n) is 1.95. The summed E-state index contributed by atoms with van der Waals surface area (Å²) in [4.78, 5) is 15.5. The van der Waals surface area contributed by atoms with Crippen molar-refractivity contribution in [1.82, 2.24) is 4.98 Å². The molecule has 0 amide bonds. The third kappa shape index (κ3) is 4.47. The van der Waals surface area contributed by atoms with Crippen LogP contribution in [0.3, 0.4) is 0 Å². The first-order valence-electron chi connectivity index (χ1n) is 6.80. The van der Waals surface area contributed by atoms with Crippen LogP contribution in [-0.2, 0) is 22.9 Å². The highest BCUT2D eigenvalue weighted by atomic mass is 32.2. The van der Waals surface area contributed by atoms with Crippen molar-refractivity contribution in [1.29, 1.82) is 0 Å². The Bertz CT molecular complexity index is 817. The Morgan fingerprint density at radius 2 is 2.17 bits per heavy atom. The third-order valence-corrected chi connectivity index (χ3v) is 5.26. The van der Waals surface area contributed by atoms with Gasteiger partial charge in [0.1, 0.15) is 4.90 Å². The molecule has 0 aliphatic rings. The molecular weight excluding hydrogens is 340 g/mol. The van der Waals surface area contributed by atoms with E-state index in [2.05, 4.69) is 10.3 Å². The van der Waals surface area contributed by atoms with Gasteiger partial charge in [-0.05, 0) is 12.5 Å². The number of thiazole rings is 1. The number of sulfonamides is 1. The lowest BCUT2D eigenvalue weighted by molar-refractivity contribution is -0.384. The first kappa shape index (κ1) is 17.3. The highest BCUT2D eigenvalue weighted by molar-refractivity contribution is 7.89. The predicted molar refractivity (Wildman–Crippen MR) is 88.2 cm³/mol. The van der Waals surface area contributed by atoms with Gasteiger partial charge in [0.15, 0.2) is 0 Å². The SMILES string of the molecule is CCc1cnc(CCNc2cc([N+](=O)[O-])ccc2S(N)(=O)=O)s1. The van der Waals surface area contributed by atoms with Crippen molar-refractivity contribution in [2.24, 2.45) is 5.14 Å². The van der Waals surface area contributed by atoms with Gasteiger partial charge in [-0.1, -0.05) is 6.92 Å². The van der Waals surface area contributed by atoms with Gasteiger partial charge in [-0.3, -0.25) is 10.1 Å². The summed E-state index contributed by atoms with van der Waals surface area (Å²) in [6.07, 6.45) is 3.30. The molecule has 124 valence electrons. The molecule has 0 saturated heterocycles. The van der Waals surface area contributed by atoms with Gasteiger partial charge in [0.05, 0.1) is 15.6 Å². The van der Waals surface area contributed by atoms with Crippen LogP contribution in [0.2, 0.25) is 0 Å². The molecule has 0 aliphatic heterocycles. The van der Waals surface area contributed by atoms with Crippen molar-refractivity contribution in [3.63, 3.8) is 0 Å². The molecule has 2 aromatic rings. The van der Waals surface area contributed by atoms with E-state index in [9.17, 15) is 18.5 Å². The predicted octanol–water partition coefficient (Wildman–Crippen LogP) is 1.92. The average Bonchev–Trinajstić information content (AvgIpc) is 2.94. The molecule has 0 unspecified atom stereocenters. The van der Waals surface area contributed by atoms with Gasteiger partial charge < -0.3 is 5.32 Å². The number of primary sulfonamides is 1. The van der Waals surface area contributed by atoms with Crippen LogP contribution in [0.1, 0.15) is 16.8 Å². The number of nitrogens with zero attached hydrogens (tertiary/aromatic N) is 2. The summed E-state index contributed by atoms with van der Waals surface area (Å²) < 4.78 is 23.1. The van der Waals surface area contributed by atoms with E-state index in [0.717, 1.165) is 23.6 Å². The second kappa shape index (κ2) is 7.02. The minimum atomic E-state index is -3.97. The number of nitrogens with two attached hydrogens (primary N) is 1. The summed E-state index contributed by atoms with van der Waals surface area (Å²) in [5, 5.41) is 19.8. The second-order valence-corrected chi connectivity index (χ2v) is 7.46. The smallest absolute Gasteiger partial charge is 0.271 e. The van der Waals surface area contributed by atoms with Crippen molar-refractivity contribution >= 4 is 32.7 Å². The van der Waals surface area contributed by atoms with Gasteiger partial charge in [-0.25, -0.2) is 18.5 Å². The third-order valence-electron chi connectivity index (χ3n) is 3.08. The highest BCUT2D eigenvalue weighted by Crippen LogP contribution is 2.25. The zero-order valence-corrected chi connectivity index (χ0v) is 14.0. The summed E-state index contributed by atoms with van der Waals surface area (Å²) in [6.45, 7) is 2.43. The number of nitro groups is 1. The number of nitrogens with one attached hydrogen (secondary N) is 1. The van der Waals surface area contributed by atoms with Crippen molar-refractivity contribution in [2.45, 2.75) is 24.7 Å². The zero-order chi connectivity index (χ0) is 17.0. The maximum Gasteiger partial charge on any atom is 0.271 e. The van der Waals surface area contributed by atoms with Gasteiger partial charge in [-0.15, -0.1) is 11.3 Å². The number of benzene rings is 1. The maximum atomic E-state index is 11.6. The Labute approximate surface area is 137 Å². The lowest BCUT2D eigenvalue weighted by Crippen LogP contribution is -2.16. The first-order valence-corrected chi connectivity index (χ1v) is 9.16. The van der Waals surface area contributed by atoms with Crippen LogP contribution in [-0.4, -0.2) is 24.9 Å². The van der Waals surface area contributed by atoms with E-state index in [1.165, 1.54) is 10.9 Å². The van der Waals surface area contributed by atoms with E-state index >= 15 is 0 Å². The van der Waals surface area contributed by atoms with Gasteiger partial charge in [0, 0.05) is 36.2 Å². The van der Waals surface area contributed by atoms with E-state index in [4.69, 9.17) is 5.14 Å². The largest absolute Gasteiger partial charge is 0.383 e. The van der Waals surface area contributed by atoms with Crippen LogP contribution in [0, 0.1) is 10.1 Å². The molecule has 2 rings (SSSR count). The van der Waals surface area contributed by atoms with Crippen molar-refractivity contribution in [2.75, 3.05) is 11.9 Å². The number of aromatic nitrogens is 1. The number of nitro benzene ring substituents is 1. The van der Waals surface area contributed by atoms with Crippen LogP contribution in [0.4, 0.5) is 11.4 Å². The van der Waals surface area contributed by atoms with E-state index in [1.807, 2.05) is 13.1 Å². The second-order valence-electron chi connectivity index (χ2n) is 4.73. The van der Waals surface area contributed by atoms with Crippen molar-refractivity contribution in [3.05, 3.63) is 44.4 Å². The molecule has 0 fully saturated rings. The number of hydrogen-bond acceptors (Lipinski definition) is 7. The molecule has 0 spiro atoms. The molecule has 0 bridgehead atoms. The molecule has 1 heterocycles. The topological polar surface area (TPSA) is 128 Å². The highest BCUT2D eigenvalue weighted by Gasteiger charge is 2.18. The number of aryl methyl sites for hydroxylation is 1.